The summed E-state index contributed by atoms with van der Waals surface area (Å²) >= 11 is 0. The van der Waals surface area contributed by atoms with Crippen LogP contribution < -0.4 is 16.0 Å². The minimum absolute atomic E-state index is 0.0421. The molecule has 1 aromatic heterocycles. The van der Waals surface area contributed by atoms with E-state index in [4.69, 9.17) is 0 Å². The Kier molecular flexibility index (Phi) is 3.75. The molecule has 0 radical (unpaired) electrons. The van der Waals surface area contributed by atoms with Gasteiger partial charge >= 0.3 is 5.69 Å². The summed E-state index contributed by atoms with van der Waals surface area (Å²) in [5.74, 6) is -0.159. The van der Waals surface area contributed by atoms with Crippen molar-refractivity contribution in [1.29, 1.82) is 0 Å². The van der Waals surface area contributed by atoms with E-state index in [-0.39, 0.29) is 17.3 Å². The van der Waals surface area contributed by atoms with Crippen molar-refractivity contribution in [2.24, 2.45) is 0 Å². The number of aromatic nitrogens is 2. The topological polar surface area (TPSA) is 101 Å². The van der Waals surface area contributed by atoms with E-state index < -0.39 is 21.3 Å². The van der Waals surface area contributed by atoms with E-state index in [0.717, 1.165) is 10.6 Å². The zero-order valence-corrected chi connectivity index (χ0v) is 11.5. The third-order valence-electron chi connectivity index (χ3n) is 2.63. The Morgan fingerprint density at radius 3 is 2.40 bits per heavy atom. The van der Waals surface area contributed by atoms with Crippen LogP contribution in [0.1, 0.15) is 6.92 Å². The monoisotopic (exact) mass is 295 g/mol. The van der Waals surface area contributed by atoms with Crippen LogP contribution in [-0.2, 0) is 16.6 Å². The van der Waals surface area contributed by atoms with Crippen molar-refractivity contribution in [3.8, 4) is 0 Å². The maximum absolute atomic E-state index is 12.0. The zero-order valence-electron chi connectivity index (χ0n) is 10.7. The molecular weight excluding hydrogens is 282 g/mol. The lowest BCUT2D eigenvalue weighted by Crippen LogP contribution is -2.35. The van der Waals surface area contributed by atoms with Gasteiger partial charge in [0, 0.05) is 12.6 Å². The van der Waals surface area contributed by atoms with Crippen molar-refractivity contribution in [2.45, 2.75) is 18.4 Å². The van der Waals surface area contributed by atoms with Crippen molar-refractivity contribution < 1.29 is 8.42 Å². The van der Waals surface area contributed by atoms with Gasteiger partial charge < -0.3 is 0 Å². The largest absolute Gasteiger partial charge is 0.329 e. The second kappa shape index (κ2) is 5.33. The molecule has 7 nitrogen and oxygen atoms in total. The van der Waals surface area contributed by atoms with Gasteiger partial charge in [-0.3, -0.25) is 19.1 Å². The van der Waals surface area contributed by atoms with E-state index in [1.807, 2.05) is 0 Å². The minimum Gasteiger partial charge on any atom is -0.293 e. The lowest BCUT2D eigenvalue weighted by Gasteiger charge is -2.08. The Hall–Kier alpha value is -2.35. The first-order chi connectivity index (χ1) is 9.44. The second-order valence-electron chi connectivity index (χ2n) is 3.99. The molecule has 2 N–H and O–H groups in total. The molecule has 1 heterocycles. The highest BCUT2D eigenvalue weighted by Gasteiger charge is 2.14. The van der Waals surface area contributed by atoms with Crippen molar-refractivity contribution in [1.82, 2.24) is 9.55 Å². The van der Waals surface area contributed by atoms with Gasteiger partial charge in [-0.05, 0) is 19.1 Å². The maximum Gasteiger partial charge on any atom is 0.329 e. The summed E-state index contributed by atoms with van der Waals surface area (Å²) in [5, 5.41) is 0. The van der Waals surface area contributed by atoms with Gasteiger partial charge in [-0.15, -0.1) is 0 Å². The highest BCUT2D eigenvalue weighted by atomic mass is 32.2. The Morgan fingerprint density at radius 1 is 1.20 bits per heavy atom. The van der Waals surface area contributed by atoms with E-state index >= 15 is 0 Å². The third kappa shape index (κ3) is 2.80. The lowest BCUT2D eigenvalue weighted by atomic mass is 10.4. The number of nitrogens with one attached hydrogen (secondary N) is 2. The summed E-state index contributed by atoms with van der Waals surface area (Å²) in [4.78, 5) is 25.6. The summed E-state index contributed by atoms with van der Waals surface area (Å²) in [6.07, 6.45) is 0. The van der Waals surface area contributed by atoms with E-state index in [0.29, 0.717) is 0 Å². The number of anilines is 1. The molecule has 106 valence electrons. The van der Waals surface area contributed by atoms with Crippen LogP contribution in [0.25, 0.3) is 0 Å². The molecule has 0 bridgehead atoms. The molecule has 2 aromatic rings. The molecular formula is C12H13N3O4S. The Balaban J connectivity index is 2.41. The molecule has 0 aliphatic carbocycles. The highest BCUT2D eigenvalue weighted by Crippen LogP contribution is 2.11. The lowest BCUT2D eigenvalue weighted by molar-refractivity contribution is 0.600. The third-order valence-corrected chi connectivity index (χ3v) is 4.02. The van der Waals surface area contributed by atoms with E-state index in [1.54, 1.807) is 25.1 Å². The van der Waals surface area contributed by atoms with Gasteiger partial charge in [-0.25, -0.2) is 13.2 Å². The number of rotatable bonds is 4. The number of nitrogens with zero attached hydrogens (tertiary/aromatic N) is 1. The van der Waals surface area contributed by atoms with Crippen LogP contribution in [0.2, 0.25) is 0 Å². The fourth-order valence-electron chi connectivity index (χ4n) is 1.68. The molecule has 0 saturated carbocycles. The van der Waals surface area contributed by atoms with Crippen LogP contribution >= 0.6 is 0 Å². The molecule has 20 heavy (non-hydrogen) atoms. The molecule has 2 rings (SSSR count). The SMILES string of the molecule is CCn1c(=O)cc(NS(=O)(=O)c2ccccc2)[nH]c1=O. The van der Waals surface area contributed by atoms with Gasteiger partial charge in [0.1, 0.15) is 5.82 Å². The smallest absolute Gasteiger partial charge is 0.293 e. The van der Waals surface area contributed by atoms with E-state index in [1.165, 1.54) is 12.1 Å². The van der Waals surface area contributed by atoms with Crippen LogP contribution in [-0.4, -0.2) is 18.0 Å². The van der Waals surface area contributed by atoms with Crippen LogP contribution in [0.4, 0.5) is 5.82 Å². The quantitative estimate of drug-likeness (QED) is 0.850. The Labute approximate surface area is 115 Å². The number of sulfonamides is 1. The predicted molar refractivity (Wildman–Crippen MR) is 74.2 cm³/mol. The number of hydrogen-bond donors (Lipinski definition) is 2. The Morgan fingerprint density at radius 2 is 1.85 bits per heavy atom. The molecule has 1 aromatic carbocycles. The first-order valence-corrected chi connectivity index (χ1v) is 7.34. The first kappa shape index (κ1) is 14.1. The van der Waals surface area contributed by atoms with Gasteiger partial charge in [-0.2, -0.15) is 0 Å². The van der Waals surface area contributed by atoms with Gasteiger partial charge in [0.25, 0.3) is 15.6 Å². The van der Waals surface area contributed by atoms with Gasteiger partial charge in [-0.1, -0.05) is 18.2 Å². The predicted octanol–water partition coefficient (Wildman–Crippen LogP) is 0.357. The van der Waals surface area contributed by atoms with Crippen molar-refractivity contribution in [3.63, 3.8) is 0 Å². The van der Waals surface area contributed by atoms with E-state index in [9.17, 15) is 18.0 Å². The highest BCUT2D eigenvalue weighted by molar-refractivity contribution is 7.92. The van der Waals surface area contributed by atoms with Crippen molar-refractivity contribution in [2.75, 3.05) is 4.72 Å². The first-order valence-electron chi connectivity index (χ1n) is 5.86. The molecule has 0 atom stereocenters. The fraction of sp³-hybridized carbons (Fsp3) is 0.167. The molecule has 0 aliphatic heterocycles. The van der Waals surface area contributed by atoms with Crippen LogP contribution in [0.5, 0.6) is 0 Å². The molecule has 0 amide bonds. The normalized spacial score (nSPS) is 11.2. The maximum atomic E-state index is 12.0. The average Bonchev–Trinajstić information content (AvgIpc) is 2.39. The average molecular weight is 295 g/mol. The summed E-state index contributed by atoms with van der Waals surface area (Å²) in [6, 6.07) is 8.69. The van der Waals surface area contributed by atoms with Crippen molar-refractivity contribution in [3.05, 3.63) is 57.2 Å². The van der Waals surface area contributed by atoms with Gasteiger partial charge in [0.15, 0.2) is 0 Å². The molecule has 8 heteroatoms. The van der Waals surface area contributed by atoms with Gasteiger partial charge in [0.2, 0.25) is 0 Å². The standard InChI is InChI=1S/C12H13N3O4S/c1-2-15-11(16)8-10(13-12(15)17)14-20(18,19)9-6-4-3-5-7-9/h3-8,14H,2H2,1H3,(H,13,17). The van der Waals surface area contributed by atoms with E-state index in [2.05, 4.69) is 9.71 Å². The number of hydrogen-bond acceptors (Lipinski definition) is 4. The summed E-state index contributed by atoms with van der Waals surface area (Å²) in [7, 11) is -3.83. The van der Waals surface area contributed by atoms with Crippen LogP contribution in [0.3, 0.4) is 0 Å². The molecule has 0 aliphatic rings. The molecule has 0 saturated heterocycles. The fourth-order valence-corrected chi connectivity index (χ4v) is 2.71. The molecule has 0 spiro atoms. The van der Waals surface area contributed by atoms with Crippen LogP contribution in [0, 0.1) is 0 Å². The number of aromatic amines is 1. The Bertz CT molecular complexity index is 791. The van der Waals surface area contributed by atoms with Crippen LogP contribution in [0.15, 0.2) is 50.9 Å². The summed E-state index contributed by atoms with van der Waals surface area (Å²) in [6.45, 7) is 1.85. The summed E-state index contributed by atoms with van der Waals surface area (Å²) < 4.78 is 27.2. The van der Waals surface area contributed by atoms with Crippen molar-refractivity contribution >= 4 is 15.8 Å². The minimum atomic E-state index is -3.83. The number of H-pyrrole nitrogens is 1. The van der Waals surface area contributed by atoms with Gasteiger partial charge in [0.05, 0.1) is 4.90 Å². The summed E-state index contributed by atoms with van der Waals surface area (Å²) in [5.41, 5.74) is -1.23. The second-order valence-corrected chi connectivity index (χ2v) is 5.67. The molecule has 0 unspecified atom stereocenters. The molecule has 0 fully saturated rings. The number of benzene rings is 1. The zero-order chi connectivity index (χ0) is 14.8.